The van der Waals surface area contributed by atoms with Crippen LogP contribution in [0.1, 0.15) is 51.1 Å². The fourth-order valence-corrected chi connectivity index (χ4v) is 4.75. The van der Waals surface area contributed by atoms with Crippen LogP contribution in [-0.2, 0) is 16.0 Å². The molecule has 1 N–H and O–H groups in total. The highest BCUT2D eigenvalue weighted by molar-refractivity contribution is 6.05. The van der Waals surface area contributed by atoms with Gasteiger partial charge in [0.25, 0.3) is 0 Å². The van der Waals surface area contributed by atoms with E-state index < -0.39 is 0 Å². The maximum absolute atomic E-state index is 13.1. The third kappa shape index (κ3) is 3.91. The molecule has 1 aliphatic heterocycles. The minimum absolute atomic E-state index is 0.0765. The van der Waals surface area contributed by atoms with Gasteiger partial charge >= 0.3 is 6.09 Å². The molecule has 1 atom stereocenters. The first-order chi connectivity index (χ1) is 15.6. The first kappa shape index (κ1) is 19.9. The number of fused-ring (bicyclic) bond motifs is 1. The van der Waals surface area contributed by atoms with Gasteiger partial charge in [0.1, 0.15) is 0 Å². The molecule has 6 heteroatoms. The minimum Gasteiger partial charge on any atom is -0.449 e. The third-order valence-corrected chi connectivity index (χ3v) is 7.22. The van der Waals surface area contributed by atoms with Crippen molar-refractivity contribution in [3.63, 3.8) is 0 Å². The summed E-state index contributed by atoms with van der Waals surface area (Å²) in [7, 11) is 0. The molecule has 3 aliphatic carbocycles. The molecule has 1 aromatic carbocycles. The Morgan fingerprint density at radius 1 is 1.00 bits per heavy atom. The van der Waals surface area contributed by atoms with E-state index in [2.05, 4.69) is 23.2 Å². The van der Waals surface area contributed by atoms with Crippen LogP contribution in [-0.4, -0.2) is 36.2 Å². The predicted octanol–water partition coefficient (Wildman–Crippen LogP) is 5.13. The zero-order chi connectivity index (χ0) is 21.8. The SMILES string of the molecule is CC1CN(C(=O)OCC2CC2)c2cc(-c3c[nH]c(CC4CC4)c3)ccc2N1C(=O)C1CC1. The first-order valence-electron chi connectivity index (χ1n) is 12.2. The Hall–Kier alpha value is -2.76. The van der Waals surface area contributed by atoms with Crippen molar-refractivity contribution in [2.45, 2.75) is 57.9 Å². The number of carbonyl (C=O) groups is 2. The van der Waals surface area contributed by atoms with E-state index in [1.165, 1.54) is 18.5 Å². The van der Waals surface area contributed by atoms with Crippen LogP contribution in [0.25, 0.3) is 11.1 Å². The Kier molecular flexibility index (Phi) is 4.77. The lowest BCUT2D eigenvalue weighted by molar-refractivity contribution is -0.120. The number of carbonyl (C=O) groups excluding carboxylic acids is 2. The molecule has 1 aromatic heterocycles. The number of anilines is 2. The predicted molar refractivity (Wildman–Crippen MR) is 124 cm³/mol. The Labute approximate surface area is 188 Å². The fourth-order valence-electron chi connectivity index (χ4n) is 4.75. The summed E-state index contributed by atoms with van der Waals surface area (Å²) in [6.45, 7) is 2.97. The maximum Gasteiger partial charge on any atom is 0.414 e. The number of benzene rings is 1. The number of rotatable bonds is 6. The van der Waals surface area contributed by atoms with Crippen molar-refractivity contribution in [1.29, 1.82) is 0 Å². The number of aromatic nitrogens is 1. The van der Waals surface area contributed by atoms with Crippen molar-refractivity contribution in [3.8, 4) is 11.1 Å². The second-order valence-corrected chi connectivity index (χ2v) is 10.2. The van der Waals surface area contributed by atoms with Gasteiger partial charge in [-0.25, -0.2) is 4.79 Å². The number of hydrogen-bond acceptors (Lipinski definition) is 3. The van der Waals surface area contributed by atoms with E-state index in [1.807, 2.05) is 24.1 Å². The van der Waals surface area contributed by atoms with Crippen molar-refractivity contribution in [3.05, 3.63) is 36.2 Å². The largest absolute Gasteiger partial charge is 0.449 e. The van der Waals surface area contributed by atoms with E-state index in [9.17, 15) is 9.59 Å². The van der Waals surface area contributed by atoms with Crippen LogP contribution in [0.2, 0.25) is 0 Å². The van der Waals surface area contributed by atoms with E-state index in [-0.39, 0.29) is 24.0 Å². The topological polar surface area (TPSA) is 65.6 Å². The number of nitrogens with zero attached hydrogens (tertiary/aromatic N) is 2. The molecular weight excluding hydrogens is 402 g/mol. The molecule has 1 unspecified atom stereocenters. The van der Waals surface area contributed by atoms with E-state index in [0.29, 0.717) is 19.1 Å². The van der Waals surface area contributed by atoms with Gasteiger partial charge in [-0.1, -0.05) is 6.07 Å². The summed E-state index contributed by atoms with van der Waals surface area (Å²) in [4.78, 5) is 33.2. The highest BCUT2D eigenvalue weighted by Crippen LogP contribution is 2.43. The first-order valence-corrected chi connectivity index (χ1v) is 12.2. The van der Waals surface area contributed by atoms with Crippen LogP contribution in [0, 0.1) is 17.8 Å². The van der Waals surface area contributed by atoms with Crippen LogP contribution in [0.4, 0.5) is 16.2 Å². The van der Waals surface area contributed by atoms with Gasteiger partial charge in [0.15, 0.2) is 0 Å². The van der Waals surface area contributed by atoms with Gasteiger partial charge in [-0.15, -0.1) is 0 Å². The average molecular weight is 434 g/mol. The van der Waals surface area contributed by atoms with E-state index >= 15 is 0 Å². The van der Waals surface area contributed by atoms with Crippen LogP contribution in [0.5, 0.6) is 0 Å². The zero-order valence-corrected chi connectivity index (χ0v) is 18.7. The average Bonchev–Trinajstić information content (AvgIpc) is 3.65. The number of hydrogen-bond donors (Lipinski definition) is 1. The fraction of sp³-hybridized carbons (Fsp3) is 0.538. The molecule has 2 amide bonds. The van der Waals surface area contributed by atoms with Crippen LogP contribution in [0.15, 0.2) is 30.5 Å². The number of aromatic amines is 1. The minimum atomic E-state index is -0.302. The van der Waals surface area contributed by atoms with E-state index in [1.54, 1.807) is 4.90 Å². The summed E-state index contributed by atoms with van der Waals surface area (Å²) in [6, 6.07) is 8.27. The second kappa shape index (κ2) is 7.68. The molecule has 168 valence electrons. The van der Waals surface area contributed by atoms with Crippen molar-refractivity contribution in [2.75, 3.05) is 23.0 Å². The van der Waals surface area contributed by atoms with Crippen molar-refractivity contribution < 1.29 is 14.3 Å². The quantitative estimate of drug-likeness (QED) is 0.687. The summed E-state index contributed by atoms with van der Waals surface area (Å²) < 4.78 is 5.64. The molecule has 0 saturated heterocycles. The highest BCUT2D eigenvalue weighted by Gasteiger charge is 2.41. The van der Waals surface area contributed by atoms with Gasteiger partial charge in [-0.05, 0) is 93.0 Å². The summed E-state index contributed by atoms with van der Waals surface area (Å²) in [5, 5.41) is 0. The zero-order valence-electron chi connectivity index (χ0n) is 18.7. The molecule has 3 saturated carbocycles. The molecule has 3 fully saturated rings. The lowest BCUT2D eigenvalue weighted by Crippen LogP contribution is -2.52. The summed E-state index contributed by atoms with van der Waals surface area (Å²) in [6.07, 6.45) is 9.73. The second-order valence-electron chi connectivity index (χ2n) is 10.2. The van der Waals surface area contributed by atoms with Crippen LogP contribution < -0.4 is 9.80 Å². The Balaban J connectivity index is 1.33. The molecule has 4 aliphatic rings. The molecule has 2 aromatic rings. The summed E-state index contributed by atoms with van der Waals surface area (Å²) >= 11 is 0. The van der Waals surface area contributed by atoms with Gasteiger partial charge in [0.05, 0.1) is 24.0 Å². The molecular formula is C26H31N3O3. The smallest absolute Gasteiger partial charge is 0.414 e. The lowest BCUT2D eigenvalue weighted by Gasteiger charge is -2.41. The van der Waals surface area contributed by atoms with Gasteiger partial charge < -0.3 is 14.6 Å². The molecule has 32 heavy (non-hydrogen) atoms. The number of nitrogens with one attached hydrogen (secondary N) is 1. The maximum atomic E-state index is 13.1. The summed E-state index contributed by atoms with van der Waals surface area (Å²) in [5.74, 6) is 1.66. The molecule has 6 nitrogen and oxygen atoms in total. The van der Waals surface area contributed by atoms with Crippen molar-refractivity contribution >= 4 is 23.4 Å². The van der Waals surface area contributed by atoms with Gasteiger partial charge in [0.2, 0.25) is 5.91 Å². The Morgan fingerprint density at radius 2 is 1.78 bits per heavy atom. The van der Waals surface area contributed by atoms with E-state index in [4.69, 9.17) is 4.74 Å². The summed E-state index contributed by atoms with van der Waals surface area (Å²) in [5.41, 5.74) is 5.03. The Bertz CT molecular complexity index is 1050. The molecule has 0 bridgehead atoms. The molecule has 0 spiro atoms. The van der Waals surface area contributed by atoms with E-state index in [0.717, 1.165) is 60.5 Å². The number of H-pyrrole nitrogens is 1. The van der Waals surface area contributed by atoms with Gasteiger partial charge in [-0.3, -0.25) is 9.69 Å². The van der Waals surface area contributed by atoms with Crippen LogP contribution in [0.3, 0.4) is 0 Å². The monoisotopic (exact) mass is 433 g/mol. The third-order valence-electron chi connectivity index (χ3n) is 7.22. The van der Waals surface area contributed by atoms with Crippen LogP contribution >= 0.6 is 0 Å². The van der Waals surface area contributed by atoms with Gasteiger partial charge in [-0.2, -0.15) is 0 Å². The van der Waals surface area contributed by atoms with Crippen molar-refractivity contribution in [1.82, 2.24) is 4.98 Å². The van der Waals surface area contributed by atoms with Gasteiger partial charge in [0, 0.05) is 24.4 Å². The molecule has 0 radical (unpaired) electrons. The highest BCUT2D eigenvalue weighted by atomic mass is 16.6. The molecule has 2 heterocycles. The number of ether oxygens (including phenoxy) is 1. The number of amides is 2. The van der Waals surface area contributed by atoms with Crippen molar-refractivity contribution in [2.24, 2.45) is 17.8 Å². The normalized spacial score (nSPS) is 22.6. The lowest BCUT2D eigenvalue weighted by atomic mass is 10.0. The molecule has 6 rings (SSSR count). The standard InChI is InChI=1S/C26H31N3O3/c1-16-14-28(26(31)32-15-18-4-5-18)24-12-20(21-11-22(27-13-21)10-17-2-3-17)8-9-23(24)29(16)25(30)19-6-7-19/h8-9,11-13,16-19,27H,2-7,10,14-15H2,1H3. The Morgan fingerprint density at radius 3 is 2.50 bits per heavy atom.